The molecule has 1 fully saturated rings. The molecule has 8 heteroatoms. The highest BCUT2D eigenvalue weighted by atomic mass is 127. The van der Waals surface area contributed by atoms with Crippen molar-refractivity contribution in [3.8, 4) is 0 Å². The second-order valence-electron chi connectivity index (χ2n) is 7.76. The number of carbonyl (C=O) groups excluding carboxylic acids is 1. The zero-order valence-electron chi connectivity index (χ0n) is 18.6. The lowest BCUT2D eigenvalue weighted by Gasteiger charge is -2.33. The molecule has 2 rings (SSSR count). The fourth-order valence-corrected chi connectivity index (χ4v) is 3.78. The molecule has 1 aromatic carbocycles. The van der Waals surface area contributed by atoms with Gasteiger partial charge in [-0.25, -0.2) is 4.99 Å². The van der Waals surface area contributed by atoms with Gasteiger partial charge in [0, 0.05) is 46.3 Å². The van der Waals surface area contributed by atoms with Gasteiger partial charge in [-0.15, -0.1) is 24.0 Å². The zero-order chi connectivity index (χ0) is 20.9. The van der Waals surface area contributed by atoms with Gasteiger partial charge in [-0.05, 0) is 43.3 Å². The van der Waals surface area contributed by atoms with Gasteiger partial charge in [-0.1, -0.05) is 30.3 Å². The van der Waals surface area contributed by atoms with Gasteiger partial charge in [0.2, 0.25) is 5.91 Å². The number of likely N-dealkylation sites (tertiary alicyclic amines) is 1. The van der Waals surface area contributed by atoms with Crippen molar-refractivity contribution < 1.29 is 4.79 Å². The number of piperidine rings is 1. The molecule has 0 aliphatic carbocycles. The average Bonchev–Trinajstić information content (AvgIpc) is 2.73. The Morgan fingerprint density at radius 3 is 2.53 bits per heavy atom. The van der Waals surface area contributed by atoms with E-state index in [9.17, 15) is 4.79 Å². The lowest BCUT2D eigenvalue weighted by molar-refractivity contribution is -0.127. The van der Waals surface area contributed by atoms with Crippen molar-refractivity contribution in [2.24, 2.45) is 4.99 Å². The summed E-state index contributed by atoms with van der Waals surface area (Å²) in [5, 5.41) is 6.98. The van der Waals surface area contributed by atoms with Crippen LogP contribution in [0, 0.1) is 0 Å². The predicted molar refractivity (Wildman–Crippen MR) is 140 cm³/mol. The number of unbranched alkanes of at least 4 members (excludes halogenated alkanes) is 1. The van der Waals surface area contributed by atoms with Gasteiger partial charge < -0.3 is 15.5 Å². The van der Waals surface area contributed by atoms with Crippen LogP contribution in [0.4, 0.5) is 0 Å². The highest BCUT2D eigenvalue weighted by molar-refractivity contribution is 14.0. The minimum absolute atomic E-state index is 0. The summed E-state index contributed by atoms with van der Waals surface area (Å²) in [5.74, 6) is 1.97. The maximum absolute atomic E-state index is 11.9. The van der Waals surface area contributed by atoms with Crippen molar-refractivity contribution in [1.82, 2.24) is 20.4 Å². The van der Waals surface area contributed by atoms with Crippen LogP contribution in [0.25, 0.3) is 0 Å². The molecule has 2 N–H and O–H groups in total. The van der Waals surface area contributed by atoms with Crippen molar-refractivity contribution in [1.29, 1.82) is 0 Å². The molecule has 30 heavy (non-hydrogen) atoms. The molecule has 170 valence electrons. The number of likely N-dealkylation sites (N-methyl/N-ethyl adjacent to an activating group) is 1. The number of carbonyl (C=O) groups is 1. The Hall–Kier alpha value is -1.000. The number of guanidine groups is 1. The van der Waals surface area contributed by atoms with Crippen LogP contribution in [-0.4, -0.2) is 80.0 Å². The Balaban J connectivity index is 0.00000450. The van der Waals surface area contributed by atoms with Crippen molar-refractivity contribution in [2.75, 3.05) is 52.3 Å². The van der Waals surface area contributed by atoms with Crippen LogP contribution in [0.15, 0.2) is 35.3 Å². The van der Waals surface area contributed by atoms with E-state index in [0.717, 1.165) is 51.4 Å². The number of halogens is 1. The van der Waals surface area contributed by atoms with Crippen LogP contribution in [0.5, 0.6) is 0 Å². The van der Waals surface area contributed by atoms with Crippen LogP contribution >= 0.6 is 35.7 Å². The Labute approximate surface area is 203 Å². The Morgan fingerprint density at radius 2 is 1.90 bits per heavy atom. The van der Waals surface area contributed by atoms with Crippen LogP contribution in [-0.2, 0) is 11.3 Å². The molecule has 0 spiro atoms. The monoisotopic (exact) mass is 547 g/mol. The Kier molecular flexibility index (Phi) is 14.2. The number of nitrogens with one attached hydrogen (secondary N) is 2. The van der Waals surface area contributed by atoms with E-state index < -0.39 is 0 Å². The number of nitrogens with zero attached hydrogens (tertiary/aromatic N) is 3. The number of amides is 1. The van der Waals surface area contributed by atoms with Crippen LogP contribution in [0.3, 0.4) is 0 Å². The molecule has 0 bridgehead atoms. The van der Waals surface area contributed by atoms with Crippen molar-refractivity contribution in [3.63, 3.8) is 0 Å². The summed E-state index contributed by atoms with van der Waals surface area (Å²) in [6.45, 7) is 4.23. The average molecular weight is 548 g/mol. The molecular formula is C22H38IN5OS. The van der Waals surface area contributed by atoms with Crippen molar-refractivity contribution >= 4 is 47.6 Å². The van der Waals surface area contributed by atoms with E-state index in [0.29, 0.717) is 6.04 Å². The molecule has 0 aromatic heterocycles. The number of benzene rings is 1. The first kappa shape index (κ1) is 27.0. The summed E-state index contributed by atoms with van der Waals surface area (Å²) in [7, 11) is 3.53. The normalized spacial score (nSPS) is 15.4. The lowest BCUT2D eigenvalue weighted by Crippen LogP contribution is -2.49. The maximum atomic E-state index is 11.9. The van der Waals surface area contributed by atoms with E-state index in [4.69, 9.17) is 0 Å². The van der Waals surface area contributed by atoms with Gasteiger partial charge in [0.15, 0.2) is 5.96 Å². The van der Waals surface area contributed by atoms with Gasteiger partial charge in [0.25, 0.3) is 0 Å². The second-order valence-corrected chi connectivity index (χ2v) is 8.75. The number of hydrogen-bond donors (Lipinski definition) is 2. The summed E-state index contributed by atoms with van der Waals surface area (Å²) < 4.78 is 0. The summed E-state index contributed by atoms with van der Waals surface area (Å²) in [5.41, 5.74) is 1.37. The fraction of sp³-hybridized carbons (Fsp3) is 0.636. The fourth-order valence-electron chi connectivity index (χ4n) is 3.29. The smallest absolute Gasteiger partial charge is 0.243 e. The Bertz CT molecular complexity index is 621. The molecule has 1 aromatic rings. The third-order valence-electron chi connectivity index (χ3n) is 5.12. The number of hydrogen-bond acceptors (Lipinski definition) is 4. The van der Waals surface area contributed by atoms with E-state index in [1.54, 1.807) is 19.0 Å². The molecule has 1 amide bonds. The van der Waals surface area contributed by atoms with E-state index in [2.05, 4.69) is 57.1 Å². The quantitative estimate of drug-likeness (QED) is 0.204. The largest absolute Gasteiger partial charge is 0.356 e. The number of rotatable bonds is 10. The van der Waals surface area contributed by atoms with Crippen LogP contribution < -0.4 is 10.6 Å². The molecule has 1 heterocycles. The molecular weight excluding hydrogens is 509 g/mol. The zero-order valence-corrected chi connectivity index (χ0v) is 21.7. The van der Waals surface area contributed by atoms with Crippen LogP contribution in [0.2, 0.25) is 0 Å². The molecule has 6 nitrogen and oxygen atoms in total. The predicted octanol–water partition coefficient (Wildman–Crippen LogP) is 3.04. The van der Waals surface area contributed by atoms with Crippen LogP contribution in [0.1, 0.15) is 31.2 Å². The first-order chi connectivity index (χ1) is 14.1. The minimum atomic E-state index is 0. The molecule has 1 saturated heterocycles. The number of aliphatic imine (C=N–C) groups is 1. The van der Waals surface area contributed by atoms with Gasteiger partial charge in [0.1, 0.15) is 6.54 Å². The van der Waals surface area contributed by atoms with Crippen molar-refractivity contribution in [3.05, 3.63) is 35.9 Å². The van der Waals surface area contributed by atoms with E-state index >= 15 is 0 Å². The highest BCUT2D eigenvalue weighted by Gasteiger charge is 2.20. The summed E-state index contributed by atoms with van der Waals surface area (Å²) in [4.78, 5) is 20.5. The highest BCUT2D eigenvalue weighted by Crippen LogP contribution is 2.13. The van der Waals surface area contributed by atoms with E-state index in [1.165, 1.54) is 17.7 Å². The molecule has 1 aliphatic rings. The second kappa shape index (κ2) is 15.8. The lowest BCUT2D eigenvalue weighted by atomic mass is 10.0. The van der Waals surface area contributed by atoms with E-state index in [1.807, 2.05) is 11.8 Å². The van der Waals surface area contributed by atoms with Gasteiger partial charge >= 0.3 is 0 Å². The topological polar surface area (TPSA) is 60.0 Å². The molecule has 0 atom stereocenters. The Morgan fingerprint density at radius 1 is 1.20 bits per heavy atom. The first-order valence-electron chi connectivity index (χ1n) is 10.6. The third kappa shape index (κ3) is 10.9. The molecule has 1 aliphatic heterocycles. The van der Waals surface area contributed by atoms with Crippen molar-refractivity contribution in [2.45, 2.75) is 38.3 Å². The number of thioether (sulfide) groups is 1. The first-order valence-corrected chi connectivity index (χ1v) is 12.0. The molecule has 0 saturated carbocycles. The van der Waals surface area contributed by atoms with Gasteiger partial charge in [-0.3, -0.25) is 9.69 Å². The SMILES string of the molecule is CSCCCCNC(=NCC(=O)N(C)C)NC1CCN(Cc2ccccc2)CC1.I. The molecule has 0 radical (unpaired) electrons. The molecule has 0 unspecified atom stereocenters. The summed E-state index contributed by atoms with van der Waals surface area (Å²) >= 11 is 1.88. The third-order valence-corrected chi connectivity index (χ3v) is 5.81. The van der Waals surface area contributed by atoms with Gasteiger partial charge in [-0.2, -0.15) is 11.8 Å². The summed E-state index contributed by atoms with van der Waals surface area (Å²) in [6.07, 6.45) is 6.61. The minimum Gasteiger partial charge on any atom is -0.356 e. The standard InChI is InChI=1S/C22H37N5OS.HI/c1-26(2)21(28)17-24-22(23-13-7-8-16-29-3)25-20-11-14-27(15-12-20)18-19-9-5-4-6-10-19;/h4-6,9-10,20H,7-8,11-18H2,1-3H3,(H2,23,24,25);1H. The van der Waals surface area contributed by atoms with Gasteiger partial charge in [0.05, 0.1) is 0 Å². The maximum Gasteiger partial charge on any atom is 0.243 e. The summed E-state index contributed by atoms with van der Waals surface area (Å²) in [6, 6.07) is 11.1. The van der Waals surface area contributed by atoms with E-state index in [-0.39, 0.29) is 36.4 Å².